The van der Waals surface area contributed by atoms with Crippen LogP contribution in [0.2, 0.25) is 5.15 Å². The highest BCUT2D eigenvalue weighted by atomic mass is 35.5. The highest BCUT2D eigenvalue weighted by Gasteiger charge is 2.06. The number of carbonyl (C=O) groups is 1. The number of nitrogen functional groups attached to an aromatic ring is 1. The van der Waals surface area contributed by atoms with Crippen LogP contribution in [0.3, 0.4) is 0 Å². The molecule has 0 saturated heterocycles. The summed E-state index contributed by atoms with van der Waals surface area (Å²) < 4.78 is 0. The fourth-order valence-electron chi connectivity index (χ4n) is 0.836. The van der Waals surface area contributed by atoms with Gasteiger partial charge in [-0.3, -0.25) is 4.79 Å². The molecule has 0 aliphatic rings. The molecule has 1 rings (SSSR count). The largest absolute Gasteiger partial charge is 0.396 e. The molecule has 7 heteroatoms. The Balaban J connectivity index is 2.62. The molecule has 6 nitrogen and oxygen atoms in total. The Hall–Kier alpha value is -1.56. The van der Waals surface area contributed by atoms with Gasteiger partial charge in [0.25, 0.3) is 0 Å². The minimum absolute atomic E-state index is 0.0776. The number of aromatic nitrogens is 2. The highest BCUT2D eigenvalue weighted by Crippen LogP contribution is 2.16. The van der Waals surface area contributed by atoms with Gasteiger partial charge < -0.3 is 16.0 Å². The Labute approximate surface area is 92.4 Å². The third kappa shape index (κ3) is 3.25. The first-order chi connectivity index (χ1) is 7.00. The van der Waals surface area contributed by atoms with E-state index in [1.54, 1.807) is 14.1 Å². The highest BCUT2D eigenvalue weighted by molar-refractivity contribution is 6.29. The topological polar surface area (TPSA) is 84.1 Å². The number of likely N-dealkylation sites (N-methyl/N-ethyl adjacent to an activating group) is 1. The Morgan fingerprint density at radius 3 is 2.80 bits per heavy atom. The van der Waals surface area contributed by atoms with Crippen molar-refractivity contribution in [1.82, 2.24) is 15.1 Å². The van der Waals surface area contributed by atoms with Crippen LogP contribution in [-0.4, -0.2) is 41.6 Å². The summed E-state index contributed by atoms with van der Waals surface area (Å²) in [6.07, 6.45) is 0. The maximum Gasteiger partial charge on any atom is 0.241 e. The van der Waals surface area contributed by atoms with E-state index < -0.39 is 0 Å². The molecule has 3 N–H and O–H groups in total. The third-order valence-electron chi connectivity index (χ3n) is 1.70. The minimum Gasteiger partial charge on any atom is -0.396 e. The number of amides is 1. The molecule has 0 saturated carbocycles. The van der Waals surface area contributed by atoms with Crippen molar-refractivity contribution in [2.24, 2.45) is 0 Å². The number of anilines is 2. The van der Waals surface area contributed by atoms with E-state index in [1.807, 2.05) is 0 Å². The first kappa shape index (κ1) is 11.5. The van der Waals surface area contributed by atoms with E-state index in [-0.39, 0.29) is 17.6 Å². The van der Waals surface area contributed by atoms with Crippen molar-refractivity contribution in [3.8, 4) is 0 Å². The first-order valence-electron chi connectivity index (χ1n) is 4.23. The van der Waals surface area contributed by atoms with Gasteiger partial charge in [0.1, 0.15) is 0 Å². The SMILES string of the molecule is CN(C)C(=O)CNc1nnc(Cl)cc1N. The van der Waals surface area contributed by atoms with Crippen molar-refractivity contribution < 1.29 is 4.79 Å². The average Bonchev–Trinajstić information content (AvgIpc) is 2.15. The molecule has 0 fully saturated rings. The molecule has 0 radical (unpaired) electrons. The second kappa shape index (κ2) is 4.79. The Morgan fingerprint density at radius 2 is 2.27 bits per heavy atom. The van der Waals surface area contributed by atoms with E-state index in [0.29, 0.717) is 11.5 Å². The molecule has 1 aromatic rings. The Kier molecular flexibility index (Phi) is 3.68. The quantitative estimate of drug-likeness (QED) is 0.774. The molecule has 0 atom stereocenters. The fraction of sp³-hybridized carbons (Fsp3) is 0.375. The van der Waals surface area contributed by atoms with Crippen molar-refractivity contribution in [3.05, 3.63) is 11.2 Å². The monoisotopic (exact) mass is 229 g/mol. The van der Waals surface area contributed by atoms with E-state index in [2.05, 4.69) is 15.5 Å². The fourth-order valence-corrected chi connectivity index (χ4v) is 0.991. The number of nitrogens with two attached hydrogens (primary N) is 1. The van der Waals surface area contributed by atoms with Gasteiger partial charge in [0.05, 0.1) is 12.2 Å². The summed E-state index contributed by atoms with van der Waals surface area (Å²) in [5, 5.41) is 10.3. The average molecular weight is 230 g/mol. The maximum absolute atomic E-state index is 11.2. The van der Waals surface area contributed by atoms with Gasteiger partial charge in [-0.1, -0.05) is 11.6 Å². The zero-order valence-electron chi connectivity index (χ0n) is 8.49. The van der Waals surface area contributed by atoms with Crippen LogP contribution >= 0.6 is 11.6 Å². The van der Waals surface area contributed by atoms with Gasteiger partial charge in [0, 0.05) is 20.2 Å². The normalized spacial score (nSPS) is 9.80. The molecule has 0 aliphatic carbocycles. The molecular weight excluding hydrogens is 218 g/mol. The van der Waals surface area contributed by atoms with Crippen LogP contribution in [0.4, 0.5) is 11.5 Å². The van der Waals surface area contributed by atoms with Gasteiger partial charge in [-0.2, -0.15) is 0 Å². The van der Waals surface area contributed by atoms with Gasteiger partial charge in [-0.15, -0.1) is 10.2 Å². The number of halogens is 1. The van der Waals surface area contributed by atoms with Crippen LogP contribution < -0.4 is 11.1 Å². The number of hydrogen-bond acceptors (Lipinski definition) is 5. The van der Waals surface area contributed by atoms with Crippen LogP contribution in [-0.2, 0) is 4.79 Å². The molecule has 1 heterocycles. The molecule has 0 aromatic carbocycles. The standard InChI is InChI=1S/C8H12ClN5O/c1-14(2)7(15)4-11-8-5(10)3-6(9)12-13-8/h3H,4H2,1-2H3,(H2,10,12)(H,11,13). The van der Waals surface area contributed by atoms with E-state index in [9.17, 15) is 4.79 Å². The third-order valence-corrected chi connectivity index (χ3v) is 1.88. The summed E-state index contributed by atoms with van der Waals surface area (Å²) in [6, 6.07) is 1.47. The zero-order valence-corrected chi connectivity index (χ0v) is 9.25. The summed E-state index contributed by atoms with van der Waals surface area (Å²) in [6.45, 7) is 0.119. The van der Waals surface area contributed by atoms with Crippen LogP contribution in [0.1, 0.15) is 0 Å². The second-order valence-electron chi connectivity index (χ2n) is 3.11. The lowest BCUT2D eigenvalue weighted by Gasteiger charge is -2.11. The van der Waals surface area contributed by atoms with Gasteiger partial charge in [-0.05, 0) is 0 Å². The molecule has 1 aromatic heterocycles. The Morgan fingerprint density at radius 1 is 1.60 bits per heavy atom. The molecule has 0 bridgehead atoms. The lowest BCUT2D eigenvalue weighted by Crippen LogP contribution is -2.29. The molecule has 15 heavy (non-hydrogen) atoms. The molecular formula is C8H12ClN5O. The first-order valence-corrected chi connectivity index (χ1v) is 4.61. The lowest BCUT2D eigenvalue weighted by molar-refractivity contribution is -0.126. The maximum atomic E-state index is 11.2. The Bertz CT molecular complexity index is 368. The van der Waals surface area contributed by atoms with Crippen LogP contribution in [0.5, 0.6) is 0 Å². The van der Waals surface area contributed by atoms with Gasteiger partial charge in [0.2, 0.25) is 5.91 Å². The summed E-state index contributed by atoms with van der Waals surface area (Å²) in [4.78, 5) is 12.7. The van der Waals surface area contributed by atoms with Crippen molar-refractivity contribution in [3.63, 3.8) is 0 Å². The molecule has 1 amide bonds. The summed E-state index contributed by atoms with van der Waals surface area (Å²) in [5.41, 5.74) is 5.97. The minimum atomic E-state index is -0.0776. The predicted molar refractivity (Wildman–Crippen MR) is 58.6 cm³/mol. The number of hydrogen-bond donors (Lipinski definition) is 2. The lowest BCUT2D eigenvalue weighted by atomic mass is 10.4. The van der Waals surface area contributed by atoms with Crippen molar-refractivity contribution in [2.75, 3.05) is 31.7 Å². The molecule has 0 aliphatic heterocycles. The van der Waals surface area contributed by atoms with E-state index in [1.165, 1.54) is 11.0 Å². The summed E-state index contributed by atoms with van der Waals surface area (Å²) in [5.74, 6) is 0.278. The van der Waals surface area contributed by atoms with Crippen molar-refractivity contribution in [2.45, 2.75) is 0 Å². The van der Waals surface area contributed by atoms with Crippen LogP contribution in [0.15, 0.2) is 6.07 Å². The number of nitrogens with one attached hydrogen (secondary N) is 1. The second-order valence-corrected chi connectivity index (χ2v) is 3.50. The van der Waals surface area contributed by atoms with Crippen molar-refractivity contribution >= 4 is 29.0 Å². The molecule has 82 valence electrons. The number of rotatable bonds is 3. The van der Waals surface area contributed by atoms with Crippen molar-refractivity contribution in [1.29, 1.82) is 0 Å². The number of nitrogens with zero attached hydrogens (tertiary/aromatic N) is 3. The smallest absolute Gasteiger partial charge is 0.241 e. The van der Waals surface area contributed by atoms with Gasteiger partial charge >= 0.3 is 0 Å². The zero-order chi connectivity index (χ0) is 11.4. The van der Waals surface area contributed by atoms with E-state index in [4.69, 9.17) is 17.3 Å². The van der Waals surface area contributed by atoms with Gasteiger partial charge in [-0.25, -0.2) is 0 Å². The van der Waals surface area contributed by atoms with Crippen LogP contribution in [0, 0.1) is 0 Å². The predicted octanol–water partition coefficient (Wildman–Crippen LogP) is 0.212. The molecule has 0 spiro atoms. The summed E-state index contributed by atoms with van der Waals surface area (Å²) >= 11 is 5.57. The van der Waals surface area contributed by atoms with Gasteiger partial charge in [0.15, 0.2) is 11.0 Å². The van der Waals surface area contributed by atoms with E-state index >= 15 is 0 Å². The van der Waals surface area contributed by atoms with Crippen LogP contribution in [0.25, 0.3) is 0 Å². The summed E-state index contributed by atoms with van der Waals surface area (Å²) in [7, 11) is 3.34. The van der Waals surface area contributed by atoms with E-state index in [0.717, 1.165) is 0 Å². The molecule has 0 unspecified atom stereocenters. The number of carbonyl (C=O) groups excluding carboxylic acids is 1.